The fourth-order valence-electron chi connectivity index (χ4n) is 2.20. The van der Waals surface area contributed by atoms with Crippen molar-refractivity contribution in [3.05, 3.63) is 12.2 Å². The van der Waals surface area contributed by atoms with Gasteiger partial charge in [-0.15, -0.1) is 0 Å². The second-order valence-corrected chi connectivity index (χ2v) is 4.19. The quantitative estimate of drug-likeness (QED) is 0.671. The Hall–Kier alpha value is -1.16. The van der Waals surface area contributed by atoms with E-state index in [1.165, 1.54) is 0 Å². The summed E-state index contributed by atoms with van der Waals surface area (Å²) in [4.78, 5) is 22.2. The van der Waals surface area contributed by atoms with E-state index in [1.54, 1.807) is 0 Å². The highest BCUT2D eigenvalue weighted by Gasteiger charge is 2.34. The van der Waals surface area contributed by atoms with Crippen LogP contribution in [0.5, 0.6) is 0 Å². The van der Waals surface area contributed by atoms with Crippen LogP contribution in [0, 0.1) is 11.8 Å². The molecule has 0 aliphatic heterocycles. The third kappa shape index (κ3) is 3.77. The van der Waals surface area contributed by atoms with Gasteiger partial charge < -0.3 is 10.2 Å². The van der Waals surface area contributed by atoms with E-state index in [9.17, 15) is 9.59 Å². The molecule has 1 fully saturated rings. The zero-order chi connectivity index (χ0) is 12.0. The molecule has 0 aromatic heterocycles. The zero-order valence-corrected chi connectivity index (χ0v) is 9.26. The first-order valence-electron chi connectivity index (χ1n) is 5.65. The van der Waals surface area contributed by atoms with Gasteiger partial charge in [0.1, 0.15) is 5.78 Å². The number of carboxylic acids is 1. The van der Waals surface area contributed by atoms with E-state index >= 15 is 0 Å². The summed E-state index contributed by atoms with van der Waals surface area (Å²) in [6.07, 6.45) is 6.20. The maximum absolute atomic E-state index is 11.6. The molecule has 1 aliphatic rings. The zero-order valence-electron chi connectivity index (χ0n) is 9.26. The standard InChI is InChI=1S/C12H18O4/c13-7-3-1-2-4-10-9(8-12(15)16)5-6-11(10)14/h1-2,9-10,13H,3-8H2,(H,15,16). The van der Waals surface area contributed by atoms with Gasteiger partial charge in [0.25, 0.3) is 0 Å². The summed E-state index contributed by atoms with van der Waals surface area (Å²) in [5.74, 6) is -0.793. The number of aliphatic hydroxyl groups is 1. The molecule has 2 N–H and O–H groups in total. The van der Waals surface area contributed by atoms with Crippen molar-refractivity contribution < 1.29 is 19.8 Å². The number of hydrogen-bond acceptors (Lipinski definition) is 3. The summed E-state index contributed by atoms with van der Waals surface area (Å²) in [7, 11) is 0. The van der Waals surface area contributed by atoms with Gasteiger partial charge in [0.2, 0.25) is 0 Å². The molecule has 0 amide bonds. The average molecular weight is 226 g/mol. The fourth-order valence-corrected chi connectivity index (χ4v) is 2.20. The Balaban J connectivity index is 2.46. The Labute approximate surface area is 95.0 Å². The molecule has 4 nitrogen and oxygen atoms in total. The van der Waals surface area contributed by atoms with Crippen molar-refractivity contribution in [2.45, 2.75) is 32.1 Å². The Bertz CT molecular complexity index is 283. The number of carbonyl (C=O) groups excluding carboxylic acids is 1. The molecule has 0 bridgehead atoms. The van der Waals surface area contributed by atoms with E-state index in [1.807, 2.05) is 12.2 Å². The number of Topliss-reactive ketones (excluding diaryl/α,β-unsaturated/α-hetero) is 1. The van der Waals surface area contributed by atoms with Gasteiger partial charge in [0, 0.05) is 25.4 Å². The fraction of sp³-hybridized carbons (Fsp3) is 0.667. The lowest BCUT2D eigenvalue weighted by Crippen LogP contribution is -2.17. The molecule has 1 rings (SSSR count). The molecule has 90 valence electrons. The maximum Gasteiger partial charge on any atom is 0.303 e. The van der Waals surface area contributed by atoms with Crippen LogP contribution in [0.1, 0.15) is 32.1 Å². The van der Waals surface area contributed by atoms with E-state index in [0.717, 1.165) is 0 Å². The number of ketones is 1. The number of aliphatic hydroxyl groups excluding tert-OH is 1. The van der Waals surface area contributed by atoms with Crippen LogP contribution in [0.4, 0.5) is 0 Å². The largest absolute Gasteiger partial charge is 0.481 e. The monoisotopic (exact) mass is 226 g/mol. The molecule has 0 spiro atoms. The Morgan fingerprint density at radius 1 is 1.44 bits per heavy atom. The molecule has 16 heavy (non-hydrogen) atoms. The molecule has 2 unspecified atom stereocenters. The topological polar surface area (TPSA) is 74.6 Å². The summed E-state index contributed by atoms with van der Waals surface area (Å²) in [5, 5.41) is 17.3. The lowest BCUT2D eigenvalue weighted by molar-refractivity contribution is -0.138. The van der Waals surface area contributed by atoms with E-state index in [0.29, 0.717) is 25.7 Å². The van der Waals surface area contributed by atoms with Gasteiger partial charge >= 0.3 is 5.97 Å². The summed E-state index contributed by atoms with van der Waals surface area (Å²) in [6.45, 7) is 0.105. The van der Waals surface area contributed by atoms with Gasteiger partial charge in [-0.25, -0.2) is 0 Å². The van der Waals surface area contributed by atoms with Gasteiger partial charge in [-0.05, 0) is 25.2 Å². The van der Waals surface area contributed by atoms with Crippen LogP contribution >= 0.6 is 0 Å². The number of rotatable bonds is 6. The predicted molar refractivity (Wildman–Crippen MR) is 58.9 cm³/mol. The number of carboxylic acid groups (broad SMARTS) is 1. The Kier molecular flexibility index (Phi) is 5.19. The minimum absolute atomic E-state index is 0.0104. The van der Waals surface area contributed by atoms with Crippen LogP contribution < -0.4 is 0 Å². The SMILES string of the molecule is O=C(O)CC1CCC(=O)C1CC=CCCO. The predicted octanol–water partition coefficient (Wildman–Crippen LogP) is 1.39. The number of carbonyl (C=O) groups is 2. The third-order valence-corrected chi connectivity index (χ3v) is 3.03. The Morgan fingerprint density at radius 2 is 2.19 bits per heavy atom. The van der Waals surface area contributed by atoms with Crippen LogP contribution in [0.15, 0.2) is 12.2 Å². The number of allylic oxidation sites excluding steroid dienone is 1. The molecule has 0 heterocycles. The van der Waals surface area contributed by atoms with Crippen molar-refractivity contribution in [1.82, 2.24) is 0 Å². The van der Waals surface area contributed by atoms with E-state index < -0.39 is 5.97 Å². The smallest absolute Gasteiger partial charge is 0.303 e. The van der Waals surface area contributed by atoms with E-state index in [4.69, 9.17) is 10.2 Å². The summed E-state index contributed by atoms with van der Waals surface area (Å²) in [5.41, 5.74) is 0. The normalized spacial score (nSPS) is 25.4. The molecule has 1 aliphatic carbocycles. The van der Waals surface area contributed by atoms with E-state index in [-0.39, 0.29) is 30.6 Å². The lowest BCUT2D eigenvalue weighted by atomic mass is 9.89. The second-order valence-electron chi connectivity index (χ2n) is 4.19. The summed E-state index contributed by atoms with van der Waals surface area (Å²) >= 11 is 0. The van der Waals surface area contributed by atoms with Gasteiger partial charge in [-0.2, -0.15) is 0 Å². The third-order valence-electron chi connectivity index (χ3n) is 3.03. The van der Waals surface area contributed by atoms with Crippen LogP contribution in [0.3, 0.4) is 0 Å². The highest BCUT2D eigenvalue weighted by Crippen LogP contribution is 2.33. The summed E-state index contributed by atoms with van der Waals surface area (Å²) < 4.78 is 0. The molecular formula is C12H18O4. The van der Waals surface area contributed by atoms with Crippen LogP contribution in [0.2, 0.25) is 0 Å². The van der Waals surface area contributed by atoms with Crippen molar-refractivity contribution in [2.24, 2.45) is 11.8 Å². The van der Waals surface area contributed by atoms with Crippen LogP contribution in [-0.2, 0) is 9.59 Å². The Morgan fingerprint density at radius 3 is 2.81 bits per heavy atom. The molecular weight excluding hydrogens is 208 g/mol. The second kappa shape index (κ2) is 6.43. The molecule has 0 aromatic carbocycles. The number of hydrogen-bond donors (Lipinski definition) is 2. The first kappa shape index (κ1) is 12.9. The lowest BCUT2D eigenvalue weighted by Gasteiger charge is -2.14. The van der Waals surface area contributed by atoms with Gasteiger partial charge in [-0.3, -0.25) is 9.59 Å². The minimum Gasteiger partial charge on any atom is -0.481 e. The van der Waals surface area contributed by atoms with Gasteiger partial charge in [0.15, 0.2) is 0 Å². The average Bonchev–Trinajstić information content (AvgIpc) is 2.55. The highest BCUT2D eigenvalue weighted by molar-refractivity contribution is 5.84. The number of aliphatic carboxylic acids is 1. The van der Waals surface area contributed by atoms with Gasteiger partial charge in [0.05, 0.1) is 0 Å². The van der Waals surface area contributed by atoms with Crippen molar-refractivity contribution >= 4 is 11.8 Å². The van der Waals surface area contributed by atoms with Crippen LogP contribution in [-0.4, -0.2) is 28.6 Å². The minimum atomic E-state index is -0.830. The van der Waals surface area contributed by atoms with Crippen molar-refractivity contribution in [3.8, 4) is 0 Å². The van der Waals surface area contributed by atoms with E-state index in [2.05, 4.69) is 0 Å². The molecule has 0 saturated heterocycles. The van der Waals surface area contributed by atoms with Crippen molar-refractivity contribution in [3.63, 3.8) is 0 Å². The van der Waals surface area contributed by atoms with Crippen molar-refractivity contribution in [1.29, 1.82) is 0 Å². The molecule has 4 heteroatoms. The first-order valence-corrected chi connectivity index (χ1v) is 5.65. The molecule has 2 atom stereocenters. The van der Waals surface area contributed by atoms with Gasteiger partial charge in [-0.1, -0.05) is 12.2 Å². The molecule has 0 radical (unpaired) electrons. The van der Waals surface area contributed by atoms with Crippen LogP contribution in [0.25, 0.3) is 0 Å². The molecule has 0 aromatic rings. The molecule has 1 saturated carbocycles. The highest BCUT2D eigenvalue weighted by atomic mass is 16.4. The maximum atomic E-state index is 11.6. The van der Waals surface area contributed by atoms with Crippen molar-refractivity contribution in [2.75, 3.05) is 6.61 Å². The first-order chi connectivity index (χ1) is 7.65. The summed E-state index contributed by atoms with van der Waals surface area (Å²) in [6, 6.07) is 0.